The van der Waals surface area contributed by atoms with Crippen molar-refractivity contribution < 1.29 is 18.3 Å². The second-order valence-corrected chi connectivity index (χ2v) is 4.12. The molecule has 0 aliphatic carbocycles. The summed E-state index contributed by atoms with van der Waals surface area (Å²) < 4.78 is 35.5. The van der Waals surface area contributed by atoms with Gasteiger partial charge in [-0.1, -0.05) is 6.07 Å². The number of para-hydroxylation sites is 1. The molecule has 2 rings (SSSR count). The maximum absolute atomic E-state index is 12.0. The number of rotatable bonds is 7. The van der Waals surface area contributed by atoms with E-state index in [4.69, 9.17) is 15.2 Å². The number of nitrogens with zero attached hydrogens (tertiary/aromatic N) is 4. The maximum atomic E-state index is 12.0. The number of hydrogen-bond donors (Lipinski definition) is 1. The van der Waals surface area contributed by atoms with Crippen molar-refractivity contribution in [3.63, 3.8) is 0 Å². The van der Waals surface area contributed by atoms with Crippen LogP contribution >= 0.6 is 0 Å². The first kappa shape index (κ1) is 15.1. The van der Waals surface area contributed by atoms with Gasteiger partial charge in [-0.15, -0.1) is 5.10 Å². The van der Waals surface area contributed by atoms with Gasteiger partial charge in [0, 0.05) is 0 Å². The average Bonchev–Trinajstić information content (AvgIpc) is 2.91. The Hall–Kier alpha value is -2.29. The number of nitrogen functional groups attached to an aromatic ring is 1. The van der Waals surface area contributed by atoms with Crippen molar-refractivity contribution in [3.05, 3.63) is 18.2 Å². The zero-order valence-electron chi connectivity index (χ0n) is 11.4. The van der Waals surface area contributed by atoms with E-state index in [1.165, 1.54) is 11.8 Å². The molecule has 2 aromatic rings. The number of hydrogen-bond acceptors (Lipinski definition) is 6. The fraction of sp³-hybridized carbons (Fsp3) is 0.417. The Kier molecular flexibility index (Phi) is 4.99. The molecule has 1 aromatic heterocycles. The van der Waals surface area contributed by atoms with Crippen LogP contribution in [0.15, 0.2) is 18.2 Å². The molecule has 9 heteroatoms. The molecule has 0 atom stereocenters. The van der Waals surface area contributed by atoms with Gasteiger partial charge in [-0.25, -0.2) is 13.5 Å². The molecule has 2 N–H and O–H groups in total. The van der Waals surface area contributed by atoms with Crippen molar-refractivity contribution in [1.82, 2.24) is 20.2 Å². The summed E-state index contributed by atoms with van der Waals surface area (Å²) in [6, 6.07) is 5.21. The van der Waals surface area contributed by atoms with Gasteiger partial charge in [-0.3, -0.25) is 0 Å². The van der Waals surface area contributed by atoms with Crippen LogP contribution in [0, 0.1) is 0 Å². The van der Waals surface area contributed by atoms with Crippen LogP contribution in [0.5, 0.6) is 5.75 Å². The Morgan fingerprint density at radius 2 is 2.19 bits per heavy atom. The quantitative estimate of drug-likeness (QED) is 0.611. The zero-order valence-corrected chi connectivity index (χ0v) is 11.4. The fourth-order valence-electron chi connectivity index (χ4n) is 1.83. The molecule has 7 nitrogen and oxygen atoms in total. The van der Waals surface area contributed by atoms with Crippen molar-refractivity contribution in [2.75, 3.05) is 26.1 Å². The lowest BCUT2D eigenvalue weighted by Crippen LogP contribution is -2.12. The van der Waals surface area contributed by atoms with Gasteiger partial charge in [0.15, 0.2) is 11.6 Å². The monoisotopic (exact) mass is 299 g/mol. The van der Waals surface area contributed by atoms with E-state index in [-0.39, 0.29) is 13.2 Å². The molecule has 0 fully saturated rings. The van der Waals surface area contributed by atoms with Crippen LogP contribution in [0.2, 0.25) is 0 Å². The van der Waals surface area contributed by atoms with E-state index in [1.54, 1.807) is 18.2 Å². The predicted molar refractivity (Wildman–Crippen MR) is 71.0 cm³/mol. The summed E-state index contributed by atoms with van der Waals surface area (Å²) >= 11 is 0. The van der Waals surface area contributed by atoms with Gasteiger partial charge in [0.2, 0.25) is 0 Å². The number of alkyl halides is 2. The first-order valence-electron chi connectivity index (χ1n) is 6.18. The lowest BCUT2D eigenvalue weighted by atomic mass is 10.1. The third kappa shape index (κ3) is 3.63. The van der Waals surface area contributed by atoms with Gasteiger partial charge in [-0.2, -0.15) is 0 Å². The molecule has 114 valence electrons. The molecule has 0 amide bonds. The van der Waals surface area contributed by atoms with Crippen LogP contribution in [0.25, 0.3) is 11.4 Å². The number of halogens is 2. The molecule has 0 saturated heterocycles. The van der Waals surface area contributed by atoms with Gasteiger partial charge >= 0.3 is 0 Å². The number of tetrazole rings is 1. The first-order chi connectivity index (χ1) is 10.1. The Morgan fingerprint density at radius 1 is 1.38 bits per heavy atom. The molecule has 21 heavy (non-hydrogen) atoms. The number of methoxy groups -OCH3 is 1. The summed E-state index contributed by atoms with van der Waals surface area (Å²) in [6.45, 7) is -0.293. The van der Waals surface area contributed by atoms with Crippen molar-refractivity contribution in [3.8, 4) is 17.1 Å². The van der Waals surface area contributed by atoms with Crippen LogP contribution in [-0.2, 0) is 11.3 Å². The summed E-state index contributed by atoms with van der Waals surface area (Å²) in [7, 11) is 1.50. The van der Waals surface area contributed by atoms with E-state index < -0.39 is 13.0 Å². The number of nitrogens with two attached hydrogens (primary N) is 1. The Balaban J connectivity index is 2.15. The van der Waals surface area contributed by atoms with E-state index in [1.807, 2.05) is 0 Å². The van der Waals surface area contributed by atoms with Crippen LogP contribution < -0.4 is 10.5 Å². The van der Waals surface area contributed by atoms with E-state index >= 15 is 0 Å². The topological polar surface area (TPSA) is 88.1 Å². The standard InChI is InChI=1S/C12H15F2N5O2/c1-20-11-8(3-2-4-9(11)15)12-16-17-18-19(12)5-6-21-7-10(13)14/h2-4,10H,5-7,15H2,1H3. The molecule has 0 spiro atoms. The molecule has 0 bridgehead atoms. The summed E-state index contributed by atoms with van der Waals surface area (Å²) in [6.07, 6.45) is -2.49. The maximum Gasteiger partial charge on any atom is 0.261 e. The van der Waals surface area contributed by atoms with Gasteiger partial charge in [0.25, 0.3) is 6.43 Å². The lowest BCUT2D eigenvalue weighted by Gasteiger charge is -2.11. The van der Waals surface area contributed by atoms with Crippen molar-refractivity contribution >= 4 is 5.69 Å². The summed E-state index contributed by atoms with van der Waals surface area (Å²) in [4.78, 5) is 0. The van der Waals surface area contributed by atoms with E-state index in [2.05, 4.69) is 15.5 Å². The highest BCUT2D eigenvalue weighted by Gasteiger charge is 2.15. The largest absolute Gasteiger partial charge is 0.494 e. The highest BCUT2D eigenvalue weighted by Crippen LogP contribution is 2.32. The lowest BCUT2D eigenvalue weighted by molar-refractivity contribution is 0.0140. The molecule has 1 aromatic carbocycles. The van der Waals surface area contributed by atoms with Gasteiger partial charge in [0.1, 0.15) is 6.61 Å². The SMILES string of the molecule is COc1c(N)cccc1-c1nnnn1CCOCC(F)F. The molecular formula is C12H15F2N5O2. The van der Waals surface area contributed by atoms with Gasteiger partial charge in [0.05, 0.1) is 31.5 Å². The third-order valence-electron chi connectivity index (χ3n) is 2.71. The van der Waals surface area contributed by atoms with Crippen LogP contribution in [-0.4, -0.2) is 47.0 Å². The molecule has 0 unspecified atom stereocenters. The van der Waals surface area contributed by atoms with Crippen LogP contribution in [0.3, 0.4) is 0 Å². The number of ether oxygens (including phenoxy) is 2. The minimum Gasteiger partial charge on any atom is -0.494 e. The van der Waals surface area contributed by atoms with Crippen molar-refractivity contribution in [1.29, 1.82) is 0 Å². The van der Waals surface area contributed by atoms with Gasteiger partial charge in [-0.05, 0) is 22.6 Å². The molecule has 0 radical (unpaired) electrons. The Labute approximate surface area is 119 Å². The van der Waals surface area contributed by atoms with Crippen LogP contribution in [0.1, 0.15) is 0 Å². The van der Waals surface area contributed by atoms with E-state index in [0.717, 1.165) is 0 Å². The van der Waals surface area contributed by atoms with Crippen molar-refractivity contribution in [2.45, 2.75) is 13.0 Å². The fourth-order valence-corrected chi connectivity index (χ4v) is 1.83. The zero-order chi connectivity index (χ0) is 15.2. The van der Waals surface area contributed by atoms with Gasteiger partial charge < -0.3 is 15.2 Å². The van der Waals surface area contributed by atoms with E-state index in [0.29, 0.717) is 22.8 Å². The Bertz CT molecular complexity index is 591. The summed E-state index contributed by atoms with van der Waals surface area (Å²) in [5, 5.41) is 11.3. The molecule has 0 saturated carbocycles. The number of benzene rings is 1. The summed E-state index contributed by atoms with van der Waals surface area (Å²) in [5.41, 5.74) is 6.91. The molecular weight excluding hydrogens is 284 g/mol. The second kappa shape index (κ2) is 6.93. The molecule has 1 heterocycles. The predicted octanol–water partition coefficient (Wildman–Crippen LogP) is 1.21. The minimum absolute atomic E-state index is 0.0764. The minimum atomic E-state index is -2.49. The smallest absolute Gasteiger partial charge is 0.261 e. The Morgan fingerprint density at radius 3 is 2.90 bits per heavy atom. The summed E-state index contributed by atoms with van der Waals surface area (Å²) in [5.74, 6) is 0.891. The van der Waals surface area contributed by atoms with E-state index in [9.17, 15) is 8.78 Å². The molecule has 0 aliphatic rings. The highest BCUT2D eigenvalue weighted by atomic mass is 19.3. The first-order valence-corrected chi connectivity index (χ1v) is 6.18. The van der Waals surface area contributed by atoms with Crippen LogP contribution in [0.4, 0.5) is 14.5 Å². The normalized spacial score (nSPS) is 11.0. The second-order valence-electron chi connectivity index (χ2n) is 4.12. The van der Waals surface area contributed by atoms with Crippen molar-refractivity contribution in [2.24, 2.45) is 0 Å². The third-order valence-corrected chi connectivity index (χ3v) is 2.71. The number of anilines is 1. The average molecular weight is 299 g/mol. The molecule has 0 aliphatic heterocycles. The highest BCUT2D eigenvalue weighted by molar-refractivity contribution is 5.73. The number of aromatic nitrogens is 4.